The molecule has 1 heterocycles. The lowest BCUT2D eigenvalue weighted by atomic mass is 9.95. The zero-order valence-corrected chi connectivity index (χ0v) is 15.4. The highest BCUT2D eigenvalue weighted by atomic mass is 16.5. The van der Waals surface area contributed by atoms with E-state index in [9.17, 15) is 19.5 Å². The highest BCUT2D eigenvalue weighted by Crippen LogP contribution is 2.19. The molecule has 2 atom stereocenters. The average Bonchev–Trinajstić information content (AvgIpc) is 2.65. The number of nitrogens with one attached hydrogen (secondary N) is 1. The van der Waals surface area contributed by atoms with Crippen molar-refractivity contribution in [3.8, 4) is 5.75 Å². The second kappa shape index (κ2) is 8.69. The number of benzene rings is 1. The van der Waals surface area contributed by atoms with Crippen molar-refractivity contribution in [2.45, 2.75) is 32.7 Å². The summed E-state index contributed by atoms with van der Waals surface area (Å²) in [5.74, 6) is -1.47. The molecule has 1 aromatic rings. The van der Waals surface area contributed by atoms with Crippen molar-refractivity contribution in [3.05, 3.63) is 29.8 Å². The molecule has 1 aliphatic heterocycles. The lowest BCUT2D eigenvalue weighted by Gasteiger charge is -2.34. The molecule has 0 aliphatic carbocycles. The van der Waals surface area contributed by atoms with Gasteiger partial charge in [0.2, 0.25) is 5.91 Å². The van der Waals surface area contributed by atoms with Crippen LogP contribution >= 0.6 is 0 Å². The minimum Gasteiger partial charge on any atom is -0.497 e. The molecule has 0 saturated carbocycles. The summed E-state index contributed by atoms with van der Waals surface area (Å²) in [6, 6.07) is 5.94. The number of piperidine rings is 1. The fraction of sp³-hybridized carbons (Fsp3) is 0.526. The van der Waals surface area contributed by atoms with Crippen LogP contribution in [0.5, 0.6) is 5.75 Å². The number of carbonyl (C=O) groups excluding carboxylic acids is 2. The second-order valence-corrected chi connectivity index (χ2v) is 6.89. The first-order valence-corrected chi connectivity index (χ1v) is 8.80. The lowest BCUT2D eigenvalue weighted by Crippen LogP contribution is -2.54. The van der Waals surface area contributed by atoms with Gasteiger partial charge in [0.05, 0.1) is 13.0 Å². The predicted octanol–water partition coefficient (Wildman–Crippen LogP) is 1.77. The fourth-order valence-corrected chi connectivity index (χ4v) is 3.06. The van der Waals surface area contributed by atoms with Gasteiger partial charge in [-0.25, -0.2) is 0 Å². The highest BCUT2D eigenvalue weighted by Gasteiger charge is 2.33. The van der Waals surface area contributed by atoms with E-state index in [-0.39, 0.29) is 24.3 Å². The highest BCUT2D eigenvalue weighted by molar-refractivity contribution is 5.97. The fourth-order valence-electron chi connectivity index (χ4n) is 3.06. The number of nitrogens with zero attached hydrogens (tertiary/aromatic N) is 1. The van der Waals surface area contributed by atoms with Crippen molar-refractivity contribution in [2.75, 3.05) is 20.2 Å². The molecule has 142 valence electrons. The summed E-state index contributed by atoms with van der Waals surface area (Å²) in [5.41, 5.74) is 0.436. The number of carboxylic acids is 1. The van der Waals surface area contributed by atoms with Gasteiger partial charge in [-0.2, -0.15) is 0 Å². The summed E-state index contributed by atoms with van der Waals surface area (Å²) in [6.07, 6.45) is 1.23. The van der Waals surface area contributed by atoms with Gasteiger partial charge >= 0.3 is 5.97 Å². The molecule has 2 N–H and O–H groups in total. The van der Waals surface area contributed by atoms with Gasteiger partial charge in [0.25, 0.3) is 5.91 Å². The number of aliphatic carboxylic acids is 1. The molecule has 1 aliphatic rings. The van der Waals surface area contributed by atoms with Crippen LogP contribution in [0.3, 0.4) is 0 Å². The minimum atomic E-state index is -0.883. The number of amides is 2. The number of methoxy groups -OCH3 is 1. The normalized spacial score (nSPS) is 18.3. The second-order valence-electron chi connectivity index (χ2n) is 6.89. The number of rotatable bonds is 6. The molecule has 2 rings (SSSR count). The number of ether oxygens (including phenoxy) is 1. The Kier molecular flexibility index (Phi) is 6.60. The molecule has 0 bridgehead atoms. The number of hydrogen-bond donors (Lipinski definition) is 2. The van der Waals surface area contributed by atoms with Crippen LogP contribution in [-0.4, -0.2) is 54.0 Å². The van der Waals surface area contributed by atoms with Crippen LogP contribution in [0, 0.1) is 11.8 Å². The molecule has 0 radical (unpaired) electrons. The first kappa shape index (κ1) is 19.8. The Labute approximate surface area is 153 Å². The number of carbonyl (C=O) groups is 3. The first-order chi connectivity index (χ1) is 12.3. The molecule has 26 heavy (non-hydrogen) atoms. The van der Waals surface area contributed by atoms with Crippen LogP contribution in [0.2, 0.25) is 0 Å². The maximum absolute atomic E-state index is 12.9. The van der Waals surface area contributed by atoms with E-state index in [1.54, 1.807) is 36.3 Å². The Bertz CT molecular complexity index is 656. The molecule has 0 aromatic heterocycles. The summed E-state index contributed by atoms with van der Waals surface area (Å²) in [4.78, 5) is 38.2. The Morgan fingerprint density at radius 2 is 1.88 bits per heavy atom. The van der Waals surface area contributed by atoms with Crippen molar-refractivity contribution < 1.29 is 24.2 Å². The molecule has 1 aromatic carbocycles. The molecule has 7 nitrogen and oxygen atoms in total. The SMILES string of the molecule is COc1ccc(C(=O)NC(C(=O)N2CCC[C@H](C(=O)O)C2)C(C)C)cc1. The molecule has 1 fully saturated rings. The Balaban J connectivity index is 2.08. The molecular weight excluding hydrogens is 336 g/mol. The van der Waals surface area contributed by atoms with Crippen LogP contribution in [-0.2, 0) is 9.59 Å². The van der Waals surface area contributed by atoms with E-state index in [0.29, 0.717) is 30.7 Å². The van der Waals surface area contributed by atoms with Gasteiger partial charge in [0, 0.05) is 18.7 Å². The summed E-state index contributed by atoms with van der Waals surface area (Å²) in [6.45, 7) is 4.42. The van der Waals surface area contributed by atoms with Gasteiger partial charge in [-0.3, -0.25) is 14.4 Å². The van der Waals surface area contributed by atoms with E-state index < -0.39 is 17.9 Å². The quantitative estimate of drug-likeness (QED) is 0.804. The zero-order chi connectivity index (χ0) is 19.3. The zero-order valence-electron chi connectivity index (χ0n) is 15.4. The lowest BCUT2D eigenvalue weighted by molar-refractivity contribution is -0.146. The van der Waals surface area contributed by atoms with E-state index in [1.807, 2.05) is 13.8 Å². The van der Waals surface area contributed by atoms with Crippen LogP contribution in [0.25, 0.3) is 0 Å². The smallest absolute Gasteiger partial charge is 0.308 e. The summed E-state index contributed by atoms with van der Waals surface area (Å²) < 4.78 is 5.07. The Morgan fingerprint density at radius 3 is 2.42 bits per heavy atom. The maximum atomic E-state index is 12.9. The van der Waals surface area contributed by atoms with Crippen molar-refractivity contribution >= 4 is 17.8 Å². The number of hydrogen-bond acceptors (Lipinski definition) is 4. The molecular formula is C19H26N2O5. The predicted molar refractivity (Wildman–Crippen MR) is 96.0 cm³/mol. The number of carboxylic acid groups (broad SMARTS) is 1. The summed E-state index contributed by atoms with van der Waals surface area (Å²) in [5, 5.41) is 12.0. The monoisotopic (exact) mass is 362 g/mol. The molecule has 1 saturated heterocycles. The van der Waals surface area contributed by atoms with Crippen LogP contribution in [0.4, 0.5) is 0 Å². The third kappa shape index (κ3) is 4.74. The minimum absolute atomic E-state index is 0.116. The molecule has 2 amide bonds. The van der Waals surface area contributed by atoms with Crippen LogP contribution < -0.4 is 10.1 Å². The van der Waals surface area contributed by atoms with Gasteiger partial charge < -0.3 is 20.1 Å². The van der Waals surface area contributed by atoms with E-state index in [0.717, 1.165) is 0 Å². The van der Waals surface area contributed by atoms with Crippen molar-refractivity contribution in [3.63, 3.8) is 0 Å². The van der Waals surface area contributed by atoms with Gasteiger partial charge in [-0.1, -0.05) is 13.8 Å². The van der Waals surface area contributed by atoms with Gasteiger partial charge in [-0.05, 0) is 43.0 Å². The topological polar surface area (TPSA) is 95.9 Å². The molecule has 1 unspecified atom stereocenters. The van der Waals surface area contributed by atoms with E-state index >= 15 is 0 Å². The third-order valence-corrected chi connectivity index (χ3v) is 4.65. The van der Waals surface area contributed by atoms with E-state index in [2.05, 4.69) is 5.32 Å². The van der Waals surface area contributed by atoms with Crippen LogP contribution in [0.1, 0.15) is 37.0 Å². The third-order valence-electron chi connectivity index (χ3n) is 4.65. The molecule has 0 spiro atoms. The van der Waals surface area contributed by atoms with Crippen molar-refractivity contribution in [1.29, 1.82) is 0 Å². The summed E-state index contributed by atoms with van der Waals surface area (Å²) in [7, 11) is 1.55. The number of likely N-dealkylation sites (tertiary alicyclic amines) is 1. The summed E-state index contributed by atoms with van der Waals surface area (Å²) >= 11 is 0. The largest absolute Gasteiger partial charge is 0.497 e. The van der Waals surface area contributed by atoms with Crippen molar-refractivity contribution in [2.24, 2.45) is 11.8 Å². The Morgan fingerprint density at radius 1 is 1.23 bits per heavy atom. The van der Waals surface area contributed by atoms with Crippen molar-refractivity contribution in [1.82, 2.24) is 10.2 Å². The van der Waals surface area contributed by atoms with Gasteiger partial charge in [0.1, 0.15) is 11.8 Å². The maximum Gasteiger partial charge on any atom is 0.308 e. The van der Waals surface area contributed by atoms with Gasteiger partial charge in [-0.15, -0.1) is 0 Å². The van der Waals surface area contributed by atoms with E-state index in [1.165, 1.54) is 0 Å². The van der Waals surface area contributed by atoms with Gasteiger partial charge in [0.15, 0.2) is 0 Å². The first-order valence-electron chi connectivity index (χ1n) is 8.80. The van der Waals surface area contributed by atoms with E-state index in [4.69, 9.17) is 4.74 Å². The molecule has 7 heteroatoms. The van der Waals surface area contributed by atoms with Crippen LogP contribution in [0.15, 0.2) is 24.3 Å². The average molecular weight is 362 g/mol. The Hall–Kier alpha value is -2.57. The standard InChI is InChI=1S/C19H26N2O5/c1-12(2)16(18(23)21-10-4-5-14(11-21)19(24)25)20-17(22)13-6-8-15(26-3)9-7-13/h6-9,12,14,16H,4-5,10-11H2,1-3H3,(H,20,22)(H,24,25)/t14-,16?/m0/s1.